The van der Waals surface area contributed by atoms with Crippen molar-refractivity contribution in [2.45, 2.75) is 32.4 Å². The second-order valence-corrected chi connectivity index (χ2v) is 6.06. The molecule has 0 aliphatic carbocycles. The Bertz CT molecular complexity index is 631. The Balaban J connectivity index is 1.71. The average Bonchev–Trinajstić information content (AvgIpc) is 3.25. The fraction of sp³-hybridized carbons (Fsp3) is 0.444. The van der Waals surface area contributed by atoms with Crippen LogP contribution in [-0.2, 0) is 6.54 Å². The third kappa shape index (κ3) is 3.79. The number of nitrogens with one attached hydrogen (secondary N) is 1. The molecule has 2 heterocycles. The molecule has 5 nitrogen and oxygen atoms in total. The number of carbonyl (C=O) groups is 1. The van der Waals surface area contributed by atoms with Gasteiger partial charge in [-0.15, -0.1) is 0 Å². The van der Waals surface area contributed by atoms with Gasteiger partial charge in [0.2, 0.25) is 0 Å². The zero-order chi connectivity index (χ0) is 16.1. The zero-order valence-electron chi connectivity index (χ0n) is 13.6. The van der Waals surface area contributed by atoms with Crippen molar-refractivity contribution in [2.24, 2.45) is 0 Å². The van der Waals surface area contributed by atoms with Gasteiger partial charge in [-0.05, 0) is 24.9 Å². The molecule has 5 heteroatoms. The van der Waals surface area contributed by atoms with E-state index in [-0.39, 0.29) is 5.91 Å². The van der Waals surface area contributed by atoms with Crippen molar-refractivity contribution >= 4 is 5.91 Å². The van der Waals surface area contributed by atoms with E-state index in [1.165, 1.54) is 5.56 Å². The van der Waals surface area contributed by atoms with Crippen molar-refractivity contribution in [2.75, 3.05) is 19.6 Å². The Morgan fingerprint density at radius 3 is 2.91 bits per heavy atom. The van der Waals surface area contributed by atoms with Crippen LogP contribution in [0, 0.1) is 0 Å². The number of rotatable bonds is 6. The minimum Gasteiger partial charge on any atom is -0.334 e. The summed E-state index contributed by atoms with van der Waals surface area (Å²) in [6.45, 7) is 5.48. The maximum absolute atomic E-state index is 12.8. The molecule has 0 saturated carbocycles. The van der Waals surface area contributed by atoms with Gasteiger partial charge in [0.25, 0.3) is 5.91 Å². The summed E-state index contributed by atoms with van der Waals surface area (Å²) in [7, 11) is 0. The molecule has 1 aromatic carbocycles. The van der Waals surface area contributed by atoms with Crippen LogP contribution < -0.4 is 5.32 Å². The standard InChI is InChI=1S/C18H24N4O/c1-2-10-22(17-8-9-19-12-17)18(23)16-11-20-21(14-16)13-15-6-4-3-5-7-15/h3-7,11,14,17,19H,2,8-10,12-13H2,1H3. The van der Waals surface area contributed by atoms with Gasteiger partial charge in [0.15, 0.2) is 0 Å². The number of hydrogen-bond acceptors (Lipinski definition) is 3. The molecule has 23 heavy (non-hydrogen) atoms. The monoisotopic (exact) mass is 312 g/mol. The number of hydrogen-bond donors (Lipinski definition) is 1. The molecule has 1 aliphatic heterocycles. The van der Waals surface area contributed by atoms with Gasteiger partial charge in [-0.25, -0.2) is 0 Å². The van der Waals surface area contributed by atoms with E-state index in [9.17, 15) is 4.79 Å². The SMILES string of the molecule is CCCN(C(=O)c1cnn(Cc2ccccc2)c1)C1CCNC1. The lowest BCUT2D eigenvalue weighted by Gasteiger charge is -2.27. The lowest BCUT2D eigenvalue weighted by Crippen LogP contribution is -2.42. The molecule has 1 amide bonds. The van der Waals surface area contributed by atoms with Crippen molar-refractivity contribution < 1.29 is 4.79 Å². The number of benzene rings is 1. The predicted molar refractivity (Wildman–Crippen MR) is 90.4 cm³/mol. The largest absolute Gasteiger partial charge is 0.334 e. The molecular weight excluding hydrogens is 288 g/mol. The lowest BCUT2D eigenvalue weighted by atomic mass is 10.1. The average molecular weight is 312 g/mol. The van der Waals surface area contributed by atoms with Crippen molar-refractivity contribution in [3.63, 3.8) is 0 Å². The maximum Gasteiger partial charge on any atom is 0.257 e. The highest BCUT2D eigenvalue weighted by atomic mass is 16.2. The minimum atomic E-state index is 0.0971. The number of nitrogens with zero attached hydrogens (tertiary/aromatic N) is 3. The van der Waals surface area contributed by atoms with Gasteiger partial charge in [0, 0.05) is 25.3 Å². The number of aromatic nitrogens is 2. The van der Waals surface area contributed by atoms with Crippen LogP contribution in [0.15, 0.2) is 42.7 Å². The molecule has 2 aromatic rings. The summed E-state index contributed by atoms with van der Waals surface area (Å²) in [5, 5.41) is 7.70. The first-order valence-corrected chi connectivity index (χ1v) is 8.36. The molecule has 0 radical (unpaired) electrons. The molecule has 0 bridgehead atoms. The van der Waals surface area contributed by atoms with Crippen LogP contribution in [0.5, 0.6) is 0 Å². The van der Waals surface area contributed by atoms with Crippen LogP contribution in [0.4, 0.5) is 0 Å². The van der Waals surface area contributed by atoms with Crippen LogP contribution in [0.25, 0.3) is 0 Å². The lowest BCUT2D eigenvalue weighted by molar-refractivity contribution is 0.0692. The molecule has 1 atom stereocenters. The molecule has 1 aliphatic rings. The van der Waals surface area contributed by atoms with Gasteiger partial charge in [-0.3, -0.25) is 9.48 Å². The van der Waals surface area contributed by atoms with E-state index in [2.05, 4.69) is 29.5 Å². The molecular formula is C18H24N4O. The summed E-state index contributed by atoms with van der Waals surface area (Å²) >= 11 is 0. The maximum atomic E-state index is 12.8. The van der Waals surface area contributed by atoms with Crippen LogP contribution in [0.1, 0.15) is 35.7 Å². The summed E-state index contributed by atoms with van der Waals surface area (Å²) in [5.41, 5.74) is 1.86. The molecule has 1 aromatic heterocycles. The van der Waals surface area contributed by atoms with Gasteiger partial charge in [-0.2, -0.15) is 5.10 Å². The summed E-state index contributed by atoms with van der Waals surface area (Å²) in [5.74, 6) is 0.0971. The van der Waals surface area contributed by atoms with E-state index in [0.29, 0.717) is 18.2 Å². The van der Waals surface area contributed by atoms with Crippen LogP contribution in [-0.4, -0.2) is 46.3 Å². The zero-order valence-corrected chi connectivity index (χ0v) is 13.6. The Morgan fingerprint density at radius 1 is 1.39 bits per heavy atom. The Morgan fingerprint density at radius 2 is 2.22 bits per heavy atom. The normalized spacial score (nSPS) is 17.3. The highest BCUT2D eigenvalue weighted by molar-refractivity contribution is 5.94. The molecule has 0 spiro atoms. The fourth-order valence-electron chi connectivity index (χ4n) is 3.09. The van der Waals surface area contributed by atoms with Crippen molar-refractivity contribution in [1.29, 1.82) is 0 Å². The Kier molecular flexibility index (Phi) is 5.08. The van der Waals surface area contributed by atoms with E-state index in [0.717, 1.165) is 32.5 Å². The van der Waals surface area contributed by atoms with E-state index in [1.807, 2.05) is 34.0 Å². The summed E-state index contributed by atoms with van der Waals surface area (Å²) in [4.78, 5) is 14.8. The van der Waals surface area contributed by atoms with Gasteiger partial charge >= 0.3 is 0 Å². The molecule has 1 fully saturated rings. The van der Waals surface area contributed by atoms with Crippen LogP contribution >= 0.6 is 0 Å². The predicted octanol–water partition coefficient (Wildman–Crippen LogP) is 2.15. The van der Waals surface area contributed by atoms with Gasteiger partial charge < -0.3 is 10.2 Å². The van der Waals surface area contributed by atoms with E-state index < -0.39 is 0 Å². The molecule has 1 N–H and O–H groups in total. The van der Waals surface area contributed by atoms with E-state index in [4.69, 9.17) is 0 Å². The second-order valence-electron chi connectivity index (χ2n) is 6.06. The highest BCUT2D eigenvalue weighted by Crippen LogP contribution is 2.14. The fourth-order valence-corrected chi connectivity index (χ4v) is 3.09. The number of carbonyl (C=O) groups excluding carboxylic acids is 1. The van der Waals surface area contributed by atoms with Crippen molar-refractivity contribution in [3.8, 4) is 0 Å². The number of amides is 1. The first-order chi connectivity index (χ1) is 11.3. The van der Waals surface area contributed by atoms with Crippen LogP contribution in [0.2, 0.25) is 0 Å². The first kappa shape index (κ1) is 15.7. The molecule has 1 saturated heterocycles. The third-order valence-electron chi connectivity index (χ3n) is 4.27. The summed E-state index contributed by atoms with van der Waals surface area (Å²) < 4.78 is 1.83. The highest BCUT2D eigenvalue weighted by Gasteiger charge is 2.27. The Labute approximate surface area is 137 Å². The smallest absolute Gasteiger partial charge is 0.257 e. The Hall–Kier alpha value is -2.14. The topological polar surface area (TPSA) is 50.2 Å². The molecule has 122 valence electrons. The van der Waals surface area contributed by atoms with E-state index in [1.54, 1.807) is 6.20 Å². The van der Waals surface area contributed by atoms with Crippen LogP contribution in [0.3, 0.4) is 0 Å². The molecule has 1 unspecified atom stereocenters. The second kappa shape index (κ2) is 7.42. The van der Waals surface area contributed by atoms with Crippen molar-refractivity contribution in [1.82, 2.24) is 20.0 Å². The van der Waals surface area contributed by atoms with Gasteiger partial charge in [0.05, 0.1) is 18.3 Å². The van der Waals surface area contributed by atoms with Gasteiger partial charge in [0.1, 0.15) is 0 Å². The third-order valence-corrected chi connectivity index (χ3v) is 4.27. The minimum absolute atomic E-state index is 0.0971. The molecule has 3 rings (SSSR count). The van der Waals surface area contributed by atoms with Crippen molar-refractivity contribution in [3.05, 3.63) is 53.9 Å². The summed E-state index contributed by atoms with van der Waals surface area (Å²) in [6.07, 6.45) is 5.56. The summed E-state index contributed by atoms with van der Waals surface area (Å²) in [6, 6.07) is 10.5. The quantitative estimate of drug-likeness (QED) is 0.889. The van der Waals surface area contributed by atoms with E-state index >= 15 is 0 Å². The van der Waals surface area contributed by atoms with Gasteiger partial charge in [-0.1, -0.05) is 37.3 Å². The first-order valence-electron chi connectivity index (χ1n) is 8.36.